The number of halogens is 1. The van der Waals surface area contributed by atoms with Gasteiger partial charge >= 0.3 is 0 Å². The molecule has 0 amide bonds. The predicted molar refractivity (Wildman–Crippen MR) is 37.1 cm³/mol. The normalized spacial score (nSPS) is 24.0. The molecule has 0 saturated heterocycles. The van der Waals surface area contributed by atoms with Gasteiger partial charge in [0.1, 0.15) is 6.17 Å². The highest BCUT2D eigenvalue weighted by molar-refractivity contribution is 4.88. The SMILES string of the molecule is CC(C)(C)[C@@H](F)C1CC1. The minimum atomic E-state index is -0.572. The van der Waals surface area contributed by atoms with Gasteiger partial charge in [0.15, 0.2) is 0 Å². The summed E-state index contributed by atoms with van der Waals surface area (Å²) < 4.78 is 13.1. The van der Waals surface area contributed by atoms with Crippen molar-refractivity contribution >= 4 is 0 Å². The first kappa shape index (κ1) is 7.04. The fraction of sp³-hybridized carbons (Fsp3) is 1.00. The Morgan fingerprint density at radius 3 is 1.89 bits per heavy atom. The molecule has 0 aromatic heterocycles. The molecular weight excluding hydrogens is 115 g/mol. The maximum Gasteiger partial charge on any atom is 0.108 e. The molecule has 0 aromatic rings. The summed E-state index contributed by atoms with van der Waals surface area (Å²) in [5, 5.41) is 0. The Kier molecular flexibility index (Phi) is 1.54. The van der Waals surface area contributed by atoms with Crippen molar-refractivity contribution in [3.8, 4) is 0 Å². The monoisotopic (exact) mass is 130 g/mol. The van der Waals surface area contributed by atoms with E-state index >= 15 is 0 Å². The Hall–Kier alpha value is -0.0700. The number of rotatable bonds is 1. The summed E-state index contributed by atoms with van der Waals surface area (Å²) >= 11 is 0. The Bertz CT molecular complexity index is 97.6. The molecule has 1 fully saturated rings. The lowest BCUT2D eigenvalue weighted by Crippen LogP contribution is -2.23. The minimum absolute atomic E-state index is 0.124. The zero-order valence-electron chi connectivity index (χ0n) is 6.45. The van der Waals surface area contributed by atoms with Crippen LogP contribution in [0, 0.1) is 11.3 Å². The molecule has 0 unspecified atom stereocenters. The Labute approximate surface area is 56.5 Å². The summed E-state index contributed by atoms with van der Waals surface area (Å²) in [5.41, 5.74) is -0.124. The molecule has 9 heavy (non-hydrogen) atoms. The lowest BCUT2D eigenvalue weighted by Gasteiger charge is -2.22. The van der Waals surface area contributed by atoms with Crippen molar-refractivity contribution in [1.82, 2.24) is 0 Å². The summed E-state index contributed by atoms with van der Waals surface area (Å²) in [6.45, 7) is 5.90. The largest absolute Gasteiger partial charge is 0.247 e. The van der Waals surface area contributed by atoms with Gasteiger partial charge in [-0.05, 0) is 24.2 Å². The first-order valence-electron chi connectivity index (χ1n) is 3.66. The summed E-state index contributed by atoms with van der Waals surface area (Å²) in [6, 6.07) is 0. The van der Waals surface area contributed by atoms with Crippen molar-refractivity contribution in [1.29, 1.82) is 0 Å². The molecule has 1 aliphatic carbocycles. The predicted octanol–water partition coefficient (Wildman–Crippen LogP) is 2.78. The smallest absolute Gasteiger partial charge is 0.108 e. The van der Waals surface area contributed by atoms with Gasteiger partial charge in [0, 0.05) is 0 Å². The highest BCUT2D eigenvalue weighted by Gasteiger charge is 2.38. The number of hydrogen-bond acceptors (Lipinski definition) is 0. The average molecular weight is 130 g/mol. The van der Waals surface area contributed by atoms with E-state index in [2.05, 4.69) is 0 Å². The van der Waals surface area contributed by atoms with Crippen LogP contribution in [0.1, 0.15) is 33.6 Å². The fourth-order valence-electron chi connectivity index (χ4n) is 1.10. The minimum Gasteiger partial charge on any atom is -0.247 e. The molecule has 0 heterocycles. The molecular formula is C8H15F. The van der Waals surface area contributed by atoms with Crippen molar-refractivity contribution < 1.29 is 4.39 Å². The third-order valence-corrected chi connectivity index (χ3v) is 1.86. The van der Waals surface area contributed by atoms with E-state index < -0.39 is 6.17 Å². The molecule has 54 valence electrons. The van der Waals surface area contributed by atoms with Crippen LogP contribution in [0.25, 0.3) is 0 Å². The van der Waals surface area contributed by atoms with Crippen molar-refractivity contribution in [2.75, 3.05) is 0 Å². The van der Waals surface area contributed by atoms with Crippen LogP contribution < -0.4 is 0 Å². The van der Waals surface area contributed by atoms with E-state index in [0.717, 1.165) is 12.8 Å². The van der Waals surface area contributed by atoms with E-state index in [9.17, 15) is 4.39 Å². The lowest BCUT2D eigenvalue weighted by molar-refractivity contribution is 0.139. The molecule has 1 saturated carbocycles. The molecule has 0 radical (unpaired) electrons. The second kappa shape index (κ2) is 1.96. The number of alkyl halides is 1. The van der Waals surface area contributed by atoms with Gasteiger partial charge in [0.25, 0.3) is 0 Å². The van der Waals surface area contributed by atoms with E-state index in [-0.39, 0.29) is 5.41 Å². The Morgan fingerprint density at radius 2 is 1.78 bits per heavy atom. The van der Waals surface area contributed by atoms with Crippen LogP contribution in [0.15, 0.2) is 0 Å². The molecule has 0 aromatic carbocycles. The summed E-state index contributed by atoms with van der Waals surface area (Å²) in [4.78, 5) is 0. The average Bonchev–Trinajstić information content (AvgIpc) is 2.40. The highest BCUT2D eigenvalue weighted by atomic mass is 19.1. The van der Waals surface area contributed by atoms with E-state index in [1.165, 1.54) is 0 Å². The van der Waals surface area contributed by atoms with Gasteiger partial charge in [-0.3, -0.25) is 0 Å². The Balaban J connectivity index is 2.40. The molecule has 0 bridgehead atoms. The van der Waals surface area contributed by atoms with Crippen LogP contribution in [0.3, 0.4) is 0 Å². The standard InChI is InChI=1S/C8H15F/c1-8(2,3)7(9)6-4-5-6/h6-7H,4-5H2,1-3H3/t7-/m0/s1. The molecule has 0 spiro atoms. The molecule has 0 nitrogen and oxygen atoms in total. The molecule has 1 heteroatoms. The second-order valence-electron chi connectivity index (χ2n) is 4.11. The van der Waals surface area contributed by atoms with E-state index in [1.54, 1.807) is 0 Å². The summed E-state index contributed by atoms with van der Waals surface area (Å²) in [5.74, 6) is 0.394. The van der Waals surface area contributed by atoms with Gasteiger partial charge < -0.3 is 0 Å². The molecule has 0 aliphatic heterocycles. The first-order chi connectivity index (χ1) is 4.02. The number of hydrogen-bond donors (Lipinski definition) is 0. The van der Waals surface area contributed by atoms with Gasteiger partial charge in [-0.25, -0.2) is 4.39 Å². The van der Waals surface area contributed by atoms with Crippen molar-refractivity contribution in [3.63, 3.8) is 0 Å². The van der Waals surface area contributed by atoms with Crippen LogP contribution in [-0.4, -0.2) is 6.17 Å². The van der Waals surface area contributed by atoms with Crippen molar-refractivity contribution in [3.05, 3.63) is 0 Å². The van der Waals surface area contributed by atoms with Crippen LogP contribution in [0.5, 0.6) is 0 Å². The lowest BCUT2D eigenvalue weighted by atomic mass is 9.87. The highest BCUT2D eigenvalue weighted by Crippen LogP contribution is 2.42. The van der Waals surface area contributed by atoms with E-state index in [1.807, 2.05) is 20.8 Å². The van der Waals surface area contributed by atoms with E-state index in [0.29, 0.717) is 5.92 Å². The van der Waals surface area contributed by atoms with Gasteiger partial charge in [-0.1, -0.05) is 20.8 Å². The van der Waals surface area contributed by atoms with Crippen LogP contribution >= 0.6 is 0 Å². The van der Waals surface area contributed by atoms with Crippen LogP contribution in [0.4, 0.5) is 4.39 Å². The summed E-state index contributed by atoms with van der Waals surface area (Å²) in [6.07, 6.45) is 1.65. The van der Waals surface area contributed by atoms with Gasteiger partial charge in [-0.15, -0.1) is 0 Å². The fourth-order valence-corrected chi connectivity index (χ4v) is 1.10. The third kappa shape index (κ3) is 1.67. The summed E-state index contributed by atoms with van der Waals surface area (Å²) in [7, 11) is 0. The molecule has 1 aliphatic rings. The zero-order chi connectivity index (χ0) is 7.07. The van der Waals surface area contributed by atoms with Gasteiger partial charge in [-0.2, -0.15) is 0 Å². The third-order valence-electron chi connectivity index (χ3n) is 1.86. The van der Waals surface area contributed by atoms with E-state index in [4.69, 9.17) is 0 Å². The van der Waals surface area contributed by atoms with Gasteiger partial charge in [0.2, 0.25) is 0 Å². The van der Waals surface area contributed by atoms with Crippen LogP contribution in [-0.2, 0) is 0 Å². The van der Waals surface area contributed by atoms with Crippen LogP contribution in [0.2, 0.25) is 0 Å². The second-order valence-corrected chi connectivity index (χ2v) is 4.11. The quantitative estimate of drug-likeness (QED) is 0.512. The maximum absolute atomic E-state index is 13.1. The maximum atomic E-state index is 13.1. The van der Waals surface area contributed by atoms with Gasteiger partial charge in [0.05, 0.1) is 0 Å². The van der Waals surface area contributed by atoms with Crippen molar-refractivity contribution in [2.24, 2.45) is 11.3 Å². The zero-order valence-corrected chi connectivity index (χ0v) is 6.45. The molecule has 1 rings (SSSR count). The van der Waals surface area contributed by atoms with Crippen molar-refractivity contribution in [2.45, 2.75) is 39.8 Å². The first-order valence-corrected chi connectivity index (χ1v) is 3.66. The molecule has 1 atom stereocenters. The molecule has 0 N–H and O–H groups in total. The topological polar surface area (TPSA) is 0 Å². The Morgan fingerprint density at radius 1 is 1.33 bits per heavy atom.